The van der Waals surface area contributed by atoms with Crippen LogP contribution in [0.15, 0.2) is 24.3 Å². The molecule has 2 atom stereocenters. The standard InChI is InChI=1S/C91H177NO5/c1-3-5-7-9-11-13-15-17-19-21-23-24-44-48-51-55-59-63-67-71-75-79-83-89(94)88(87-93)92-90(95)84-80-76-72-68-64-60-56-52-49-45-42-40-38-36-34-32-30-28-26-25-27-29-31-33-35-37-39-41-43-46-50-54-58-62-66-70-74-78-82-86-97-91(96)85-81-77-73-69-65-61-57-53-47-22-20-18-16-14-12-10-8-6-4-2/h25-26,29,31,88-89,93-94H,3-24,27-28,30,32-87H2,1-2H3,(H,92,95)/b26-25-,31-29-. The summed E-state index contributed by atoms with van der Waals surface area (Å²) in [7, 11) is 0. The highest BCUT2D eigenvalue weighted by atomic mass is 16.5. The molecule has 0 saturated carbocycles. The average molecular weight is 1370 g/mol. The maximum atomic E-state index is 12.6. The minimum atomic E-state index is -0.663. The van der Waals surface area contributed by atoms with Crippen LogP contribution in [-0.4, -0.2) is 47.4 Å². The van der Waals surface area contributed by atoms with Gasteiger partial charge in [-0.3, -0.25) is 9.59 Å². The first-order chi connectivity index (χ1) is 48.0. The lowest BCUT2D eigenvalue weighted by molar-refractivity contribution is -0.143. The smallest absolute Gasteiger partial charge is 0.305 e. The van der Waals surface area contributed by atoms with Crippen LogP contribution in [0.3, 0.4) is 0 Å². The molecule has 6 heteroatoms. The Morgan fingerprint density at radius 1 is 0.289 bits per heavy atom. The molecule has 0 heterocycles. The van der Waals surface area contributed by atoms with Crippen molar-refractivity contribution in [2.24, 2.45) is 0 Å². The molecule has 6 nitrogen and oxygen atoms in total. The Kier molecular flexibility index (Phi) is 85.3. The highest BCUT2D eigenvalue weighted by Crippen LogP contribution is 2.21. The van der Waals surface area contributed by atoms with Gasteiger partial charge >= 0.3 is 5.97 Å². The largest absolute Gasteiger partial charge is 0.466 e. The van der Waals surface area contributed by atoms with Gasteiger partial charge in [-0.1, -0.05) is 475 Å². The van der Waals surface area contributed by atoms with Crippen LogP contribution < -0.4 is 5.32 Å². The molecule has 0 aliphatic heterocycles. The van der Waals surface area contributed by atoms with Crippen molar-refractivity contribution in [3.05, 3.63) is 24.3 Å². The van der Waals surface area contributed by atoms with E-state index in [0.29, 0.717) is 25.9 Å². The summed E-state index contributed by atoms with van der Waals surface area (Å²) >= 11 is 0. The van der Waals surface area contributed by atoms with E-state index in [0.717, 1.165) is 44.9 Å². The summed E-state index contributed by atoms with van der Waals surface area (Å²) in [6.07, 6.45) is 113. The Labute approximate surface area is 609 Å². The highest BCUT2D eigenvalue weighted by Gasteiger charge is 2.20. The van der Waals surface area contributed by atoms with Crippen LogP contribution in [0, 0.1) is 0 Å². The summed E-state index contributed by atoms with van der Waals surface area (Å²) < 4.78 is 5.53. The van der Waals surface area contributed by atoms with E-state index < -0.39 is 12.1 Å². The number of amides is 1. The normalized spacial score (nSPS) is 12.5. The first kappa shape index (κ1) is 95.3. The average Bonchev–Trinajstić information content (AvgIpc) is 3.42. The predicted molar refractivity (Wildman–Crippen MR) is 430 cm³/mol. The van der Waals surface area contributed by atoms with Gasteiger partial charge in [-0.25, -0.2) is 0 Å². The van der Waals surface area contributed by atoms with Gasteiger partial charge in [0, 0.05) is 12.8 Å². The maximum absolute atomic E-state index is 12.6. The molecule has 3 N–H and O–H groups in total. The molecular formula is C91H177NO5. The molecule has 1 amide bonds. The molecule has 0 bridgehead atoms. The molecule has 576 valence electrons. The van der Waals surface area contributed by atoms with E-state index >= 15 is 0 Å². The number of allylic oxidation sites excluding steroid dienone is 4. The summed E-state index contributed by atoms with van der Waals surface area (Å²) in [6, 6.07) is -0.540. The minimum absolute atomic E-state index is 0.0258. The van der Waals surface area contributed by atoms with Crippen LogP contribution in [0.1, 0.15) is 521 Å². The second kappa shape index (κ2) is 86.7. The van der Waals surface area contributed by atoms with E-state index in [1.165, 1.54) is 443 Å². The van der Waals surface area contributed by atoms with Gasteiger partial charge in [0.25, 0.3) is 0 Å². The molecule has 97 heavy (non-hydrogen) atoms. The van der Waals surface area contributed by atoms with Gasteiger partial charge in [-0.15, -0.1) is 0 Å². The third-order valence-electron chi connectivity index (χ3n) is 21.5. The Balaban J connectivity index is 3.34. The van der Waals surface area contributed by atoms with Gasteiger partial charge in [-0.2, -0.15) is 0 Å². The van der Waals surface area contributed by atoms with Crippen LogP contribution in [0.2, 0.25) is 0 Å². The molecular weight excluding hydrogens is 1190 g/mol. The fourth-order valence-corrected chi connectivity index (χ4v) is 14.7. The molecule has 0 fully saturated rings. The van der Waals surface area contributed by atoms with Gasteiger partial charge < -0.3 is 20.3 Å². The SMILES string of the molecule is CCCCCCCCCCCCCCCCCCCCCCCCC(O)C(CO)NC(=O)CCCCCCCCCCCCCCCCCCC/C=C\C/C=C\CCCCCCCCCCCCCCCCCOC(=O)CCCCCCCCCCCCCCCCCCCCC. The van der Waals surface area contributed by atoms with E-state index in [1.807, 2.05) is 0 Å². The summed E-state index contributed by atoms with van der Waals surface area (Å²) in [5.41, 5.74) is 0. The summed E-state index contributed by atoms with van der Waals surface area (Å²) in [4.78, 5) is 24.7. The molecule has 2 unspecified atom stereocenters. The molecule has 0 aliphatic carbocycles. The fourth-order valence-electron chi connectivity index (χ4n) is 14.7. The first-order valence-corrected chi connectivity index (χ1v) is 45.1. The zero-order valence-electron chi connectivity index (χ0n) is 66.4. The third-order valence-corrected chi connectivity index (χ3v) is 21.5. The van der Waals surface area contributed by atoms with Gasteiger partial charge in [0.1, 0.15) is 0 Å². The van der Waals surface area contributed by atoms with Crippen LogP contribution in [-0.2, 0) is 14.3 Å². The molecule has 0 aliphatic rings. The molecule has 0 spiro atoms. The highest BCUT2D eigenvalue weighted by molar-refractivity contribution is 5.76. The van der Waals surface area contributed by atoms with Crippen molar-refractivity contribution in [2.75, 3.05) is 13.2 Å². The number of rotatable bonds is 86. The van der Waals surface area contributed by atoms with Crippen molar-refractivity contribution in [3.63, 3.8) is 0 Å². The number of carbonyl (C=O) groups is 2. The van der Waals surface area contributed by atoms with E-state index in [9.17, 15) is 19.8 Å². The maximum Gasteiger partial charge on any atom is 0.305 e. The van der Waals surface area contributed by atoms with Gasteiger partial charge in [-0.05, 0) is 57.8 Å². The van der Waals surface area contributed by atoms with Crippen LogP contribution >= 0.6 is 0 Å². The first-order valence-electron chi connectivity index (χ1n) is 45.1. The fraction of sp³-hybridized carbons (Fsp3) is 0.934. The number of ether oxygens (including phenoxy) is 1. The van der Waals surface area contributed by atoms with Crippen molar-refractivity contribution >= 4 is 11.9 Å². The van der Waals surface area contributed by atoms with Crippen LogP contribution in [0.5, 0.6) is 0 Å². The van der Waals surface area contributed by atoms with Gasteiger partial charge in [0.05, 0.1) is 25.4 Å². The van der Waals surface area contributed by atoms with Crippen LogP contribution in [0.25, 0.3) is 0 Å². The lowest BCUT2D eigenvalue weighted by Gasteiger charge is -2.22. The second-order valence-corrected chi connectivity index (χ2v) is 31.3. The molecule has 0 saturated heterocycles. The zero-order valence-corrected chi connectivity index (χ0v) is 66.4. The van der Waals surface area contributed by atoms with Crippen molar-refractivity contribution < 1.29 is 24.5 Å². The number of aliphatic hydroxyl groups excluding tert-OH is 2. The van der Waals surface area contributed by atoms with Crippen molar-refractivity contribution in [3.8, 4) is 0 Å². The Hall–Kier alpha value is -1.66. The Morgan fingerprint density at radius 2 is 0.515 bits per heavy atom. The van der Waals surface area contributed by atoms with Crippen molar-refractivity contribution in [1.82, 2.24) is 5.32 Å². The number of esters is 1. The summed E-state index contributed by atoms with van der Waals surface area (Å²) in [6.45, 7) is 5.03. The number of nitrogens with one attached hydrogen (secondary N) is 1. The topological polar surface area (TPSA) is 95.9 Å². The minimum Gasteiger partial charge on any atom is -0.466 e. The summed E-state index contributed by atoms with van der Waals surface area (Å²) in [5.74, 6) is 0.000712. The quantitative estimate of drug-likeness (QED) is 0.0320. The van der Waals surface area contributed by atoms with E-state index in [2.05, 4.69) is 43.5 Å². The Morgan fingerprint density at radius 3 is 0.784 bits per heavy atom. The molecule has 0 aromatic heterocycles. The third kappa shape index (κ3) is 83.2. The summed E-state index contributed by atoms with van der Waals surface area (Å²) in [5, 5.41) is 23.5. The molecule has 0 aromatic carbocycles. The van der Waals surface area contributed by atoms with Crippen LogP contribution in [0.4, 0.5) is 0 Å². The second-order valence-electron chi connectivity index (χ2n) is 31.3. The van der Waals surface area contributed by atoms with E-state index in [-0.39, 0.29) is 18.5 Å². The zero-order chi connectivity index (χ0) is 69.8. The van der Waals surface area contributed by atoms with Crippen molar-refractivity contribution in [2.45, 2.75) is 533 Å². The van der Waals surface area contributed by atoms with E-state index in [1.54, 1.807) is 0 Å². The molecule has 0 rings (SSSR count). The predicted octanol–water partition coefficient (Wildman–Crippen LogP) is 30.3. The Bertz CT molecular complexity index is 1530. The number of hydrogen-bond donors (Lipinski definition) is 3. The van der Waals surface area contributed by atoms with E-state index in [4.69, 9.17) is 4.74 Å². The number of aliphatic hydroxyl groups is 2. The number of carbonyl (C=O) groups excluding carboxylic acids is 2. The molecule has 0 radical (unpaired) electrons. The lowest BCUT2D eigenvalue weighted by Crippen LogP contribution is -2.45. The lowest BCUT2D eigenvalue weighted by atomic mass is 10.0. The number of unbranched alkanes of at least 4 members (excludes halogenated alkanes) is 71. The van der Waals surface area contributed by atoms with Gasteiger partial charge in [0.15, 0.2) is 0 Å². The molecule has 0 aromatic rings. The van der Waals surface area contributed by atoms with Gasteiger partial charge in [0.2, 0.25) is 5.91 Å². The monoisotopic (exact) mass is 1360 g/mol. The van der Waals surface area contributed by atoms with Crippen molar-refractivity contribution in [1.29, 1.82) is 0 Å². The number of hydrogen-bond acceptors (Lipinski definition) is 5.